The van der Waals surface area contributed by atoms with E-state index in [0.717, 1.165) is 13.1 Å². The SMILES string of the molecule is CCNCc1ccc(Br)cc1N(C)C1CCCCCC1. The largest absolute Gasteiger partial charge is 0.371 e. The van der Waals surface area contributed by atoms with E-state index in [2.05, 4.69) is 58.3 Å². The normalized spacial score (nSPS) is 16.9. The summed E-state index contributed by atoms with van der Waals surface area (Å²) in [5.74, 6) is 0. The van der Waals surface area contributed by atoms with Crippen molar-refractivity contribution < 1.29 is 0 Å². The fourth-order valence-electron chi connectivity index (χ4n) is 3.12. The Morgan fingerprint density at radius 3 is 2.55 bits per heavy atom. The number of nitrogens with zero attached hydrogens (tertiary/aromatic N) is 1. The maximum atomic E-state index is 3.63. The molecule has 2 nitrogen and oxygen atoms in total. The molecule has 0 aromatic heterocycles. The summed E-state index contributed by atoms with van der Waals surface area (Å²) < 4.78 is 1.17. The summed E-state index contributed by atoms with van der Waals surface area (Å²) in [4.78, 5) is 2.52. The Bertz CT molecular complexity index is 411. The van der Waals surface area contributed by atoms with Crippen LogP contribution in [0.2, 0.25) is 0 Å². The molecule has 1 N–H and O–H groups in total. The molecule has 112 valence electrons. The molecule has 0 aliphatic heterocycles. The molecular formula is C17H27BrN2. The highest BCUT2D eigenvalue weighted by molar-refractivity contribution is 9.10. The smallest absolute Gasteiger partial charge is 0.0423 e. The Labute approximate surface area is 132 Å². The van der Waals surface area contributed by atoms with Crippen LogP contribution in [0, 0.1) is 0 Å². The second-order valence-corrected chi connectivity index (χ2v) is 6.73. The molecule has 1 aliphatic rings. The minimum atomic E-state index is 0.701. The van der Waals surface area contributed by atoms with Crippen LogP contribution in [0.1, 0.15) is 51.0 Å². The Morgan fingerprint density at radius 2 is 1.90 bits per heavy atom. The van der Waals surface area contributed by atoms with E-state index in [1.54, 1.807) is 0 Å². The molecule has 0 unspecified atom stereocenters. The van der Waals surface area contributed by atoms with Gasteiger partial charge in [-0.05, 0) is 37.1 Å². The van der Waals surface area contributed by atoms with Gasteiger partial charge in [-0.3, -0.25) is 0 Å². The summed E-state index contributed by atoms with van der Waals surface area (Å²) in [6.45, 7) is 4.13. The molecule has 1 aliphatic carbocycles. The van der Waals surface area contributed by atoms with Gasteiger partial charge in [-0.25, -0.2) is 0 Å². The van der Waals surface area contributed by atoms with Crippen LogP contribution in [0.4, 0.5) is 5.69 Å². The first-order valence-corrected chi connectivity index (χ1v) is 8.73. The lowest BCUT2D eigenvalue weighted by atomic mass is 10.0. The predicted octanol–water partition coefficient (Wildman–Crippen LogP) is 4.72. The standard InChI is InChI=1S/C17H27BrN2/c1-3-19-13-14-10-11-15(18)12-17(14)20(2)16-8-6-4-5-7-9-16/h10-12,16,19H,3-9,13H2,1-2H3. The van der Waals surface area contributed by atoms with Crippen LogP contribution < -0.4 is 10.2 Å². The van der Waals surface area contributed by atoms with Gasteiger partial charge in [-0.2, -0.15) is 0 Å². The third kappa shape index (κ3) is 4.23. The van der Waals surface area contributed by atoms with Crippen LogP contribution in [-0.2, 0) is 6.54 Å². The molecule has 0 saturated heterocycles. The fourth-order valence-corrected chi connectivity index (χ4v) is 3.47. The number of halogens is 1. The number of hydrogen-bond acceptors (Lipinski definition) is 2. The molecule has 3 heteroatoms. The molecule has 0 radical (unpaired) electrons. The summed E-state index contributed by atoms with van der Waals surface area (Å²) in [5.41, 5.74) is 2.79. The van der Waals surface area contributed by atoms with Crippen LogP contribution in [-0.4, -0.2) is 19.6 Å². The van der Waals surface area contributed by atoms with Crippen LogP contribution >= 0.6 is 15.9 Å². The summed E-state index contributed by atoms with van der Waals surface area (Å²) in [6.07, 6.45) is 8.25. The topological polar surface area (TPSA) is 15.3 Å². The van der Waals surface area contributed by atoms with Crippen LogP contribution in [0.15, 0.2) is 22.7 Å². The van der Waals surface area contributed by atoms with Crippen LogP contribution in [0.3, 0.4) is 0 Å². The Hall–Kier alpha value is -0.540. The average molecular weight is 339 g/mol. The van der Waals surface area contributed by atoms with Crippen molar-refractivity contribution >= 4 is 21.6 Å². The van der Waals surface area contributed by atoms with Gasteiger partial charge in [0.1, 0.15) is 0 Å². The lowest BCUT2D eigenvalue weighted by molar-refractivity contribution is 0.550. The van der Waals surface area contributed by atoms with E-state index >= 15 is 0 Å². The quantitative estimate of drug-likeness (QED) is 0.781. The number of anilines is 1. The fraction of sp³-hybridized carbons (Fsp3) is 0.647. The van der Waals surface area contributed by atoms with Gasteiger partial charge >= 0.3 is 0 Å². The Morgan fingerprint density at radius 1 is 1.20 bits per heavy atom. The highest BCUT2D eigenvalue weighted by Crippen LogP contribution is 2.30. The second kappa shape index (κ2) is 8.04. The van der Waals surface area contributed by atoms with Crippen molar-refractivity contribution in [1.82, 2.24) is 5.32 Å². The summed E-state index contributed by atoms with van der Waals surface area (Å²) >= 11 is 3.63. The van der Waals surface area contributed by atoms with Gasteiger partial charge < -0.3 is 10.2 Å². The van der Waals surface area contributed by atoms with Gasteiger partial charge in [0, 0.05) is 29.8 Å². The maximum absolute atomic E-state index is 3.63. The summed E-state index contributed by atoms with van der Waals surface area (Å²) in [5, 5.41) is 3.45. The first-order chi connectivity index (χ1) is 9.72. The van der Waals surface area contributed by atoms with Crippen molar-refractivity contribution in [3.05, 3.63) is 28.2 Å². The van der Waals surface area contributed by atoms with Crippen LogP contribution in [0.5, 0.6) is 0 Å². The van der Waals surface area contributed by atoms with E-state index in [1.165, 1.54) is 54.2 Å². The van der Waals surface area contributed by atoms with Gasteiger partial charge in [0.25, 0.3) is 0 Å². The number of rotatable bonds is 5. The molecule has 1 aromatic rings. The molecule has 2 rings (SSSR count). The molecule has 20 heavy (non-hydrogen) atoms. The summed E-state index contributed by atoms with van der Waals surface area (Å²) in [7, 11) is 2.27. The third-order valence-electron chi connectivity index (χ3n) is 4.37. The van der Waals surface area contributed by atoms with E-state index in [1.807, 2.05) is 0 Å². The van der Waals surface area contributed by atoms with Crippen molar-refractivity contribution in [2.75, 3.05) is 18.5 Å². The zero-order chi connectivity index (χ0) is 14.4. The molecule has 0 amide bonds. The zero-order valence-corrected chi connectivity index (χ0v) is 14.4. The molecular weight excluding hydrogens is 312 g/mol. The summed E-state index contributed by atoms with van der Waals surface area (Å²) in [6, 6.07) is 7.37. The lowest BCUT2D eigenvalue weighted by Crippen LogP contribution is -2.32. The van der Waals surface area contributed by atoms with Crippen molar-refractivity contribution in [2.45, 2.75) is 58.0 Å². The molecule has 1 fully saturated rings. The van der Waals surface area contributed by atoms with Gasteiger partial charge in [-0.15, -0.1) is 0 Å². The van der Waals surface area contributed by atoms with E-state index in [9.17, 15) is 0 Å². The average Bonchev–Trinajstić information content (AvgIpc) is 2.74. The van der Waals surface area contributed by atoms with Crippen molar-refractivity contribution in [2.24, 2.45) is 0 Å². The highest BCUT2D eigenvalue weighted by Gasteiger charge is 2.19. The van der Waals surface area contributed by atoms with Crippen molar-refractivity contribution in [1.29, 1.82) is 0 Å². The van der Waals surface area contributed by atoms with Crippen molar-refractivity contribution in [3.8, 4) is 0 Å². The number of hydrogen-bond donors (Lipinski definition) is 1. The van der Waals surface area contributed by atoms with Crippen molar-refractivity contribution in [3.63, 3.8) is 0 Å². The number of benzene rings is 1. The maximum Gasteiger partial charge on any atom is 0.0423 e. The monoisotopic (exact) mass is 338 g/mol. The Kier molecular flexibility index (Phi) is 6.37. The van der Waals surface area contributed by atoms with Gasteiger partial charge in [0.05, 0.1) is 0 Å². The molecule has 1 saturated carbocycles. The second-order valence-electron chi connectivity index (χ2n) is 5.81. The van der Waals surface area contributed by atoms with Gasteiger partial charge in [0.2, 0.25) is 0 Å². The number of nitrogens with one attached hydrogen (secondary N) is 1. The van der Waals surface area contributed by atoms with E-state index in [0.29, 0.717) is 6.04 Å². The predicted molar refractivity (Wildman–Crippen MR) is 91.4 cm³/mol. The first-order valence-electron chi connectivity index (χ1n) is 7.94. The van der Waals surface area contributed by atoms with Gasteiger partial charge in [-0.1, -0.05) is 54.6 Å². The van der Waals surface area contributed by atoms with E-state index in [-0.39, 0.29) is 0 Å². The first kappa shape index (κ1) is 15.8. The molecule has 0 heterocycles. The van der Waals surface area contributed by atoms with E-state index < -0.39 is 0 Å². The zero-order valence-electron chi connectivity index (χ0n) is 12.8. The van der Waals surface area contributed by atoms with Gasteiger partial charge in [0.15, 0.2) is 0 Å². The molecule has 0 spiro atoms. The molecule has 0 atom stereocenters. The Balaban J connectivity index is 2.17. The minimum Gasteiger partial charge on any atom is -0.371 e. The highest BCUT2D eigenvalue weighted by atomic mass is 79.9. The lowest BCUT2D eigenvalue weighted by Gasteiger charge is -2.31. The molecule has 0 bridgehead atoms. The van der Waals surface area contributed by atoms with Crippen LogP contribution in [0.25, 0.3) is 0 Å². The minimum absolute atomic E-state index is 0.701. The third-order valence-corrected chi connectivity index (χ3v) is 4.86. The molecule has 1 aromatic carbocycles. The van der Waals surface area contributed by atoms with E-state index in [4.69, 9.17) is 0 Å².